The number of benzene rings is 3. The molecule has 10 nitrogen and oxygen atoms in total. The zero-order valence-corrected chi connectivity index (χ0v) is 31.5. The maximum absolute atomic E-state index is 13.0. The first kappa shape index (κ1) is 35.3. The number of carbonyl (C=O) groups excluding carboxylic acids is 2. The van der Waals surface area contributed by atoms with Gasteiger partial charge in [-0.25, -0.2) is 19.6 Å². The molecule has 4 heterocycles. The molecule has 0 bridgehead atoms. The largest absolute Gasteiger partial charge is 0.444 e. The number of imidazole rings is 2. The lowest BCUT2D eigenvalue weighted by atomic mass is 9.98. The highest BCUT2D eigenvalue weighted by Crippen LogP contribution is 2.39. The molecule has 2 saturated heterocycles. The van der Waals surface area contributed by atoms with E-state index in [1.54, 1.807) is 0 Å². The summed E-state index contributed by atoms with van der Waals surface area (Å²) in [6.45, 7) is 15.5. The molecule has 0 saturated carbocycles. The Kier molecular flexibility index (Phi) is 9.13. The third-order valence-corrected chi connectivity index (χ3v) is 10.0. The number of H-pyrrole nitrogens is 2. The van der Waals surface area contributed by atoms with Crippen molar-refractivity contribution in [3.8, 4) is 33.6 Å². The van der Waals surface area contributed by atoms with E-state index in [-0.39, 0.29) is 36.4 Å². The van der Waals surface area contributed by atoms with Crippen LogP contribution < -0.4 is 0 Å². The van der Waals surface area contributed by atoms with E-state index < -0.39 is 11.2 Å². The van der Waals surface area contributed by atoms with Gasteiger partial charge in [-0.2, -0.15) is 0 Å². The van der Waals surface area contributed by atoms with Crippen molar-refractivity contribution in [2.75, 3.05) is 0 Å². The van der Waals surface area contributed by atoms with E-state index in [0.717, 1.165) is 81.7 Å². The number of likely N-dealkylation sites (tertiary alicyclic amines) is 2. The molecule has 0 aliphatic carbocycles. The maximum Gasteiger partial charge on any atom is 0.411 e. The first-order valence-corrected chi connectivity index (χ1v) is 18.4. The number of aromatic amines is 2. The van der Waals surface area contributed by atoms with E-state index in [2.05, 4.69) is 84.5 Å². The lowest BCUT2D eigenvalue weighted by Gasteiger charge is -2.30. The highest BCUT2D eigenvalue weighted by atomic mass is 16.6. The summed E-state index contributed by atoms with van der Waals surface area (Å²) < 4.78 is 11.4. The molecular weight excluding hydrogens is 653 g/mol. The average molecular weight is 703 g/mol. The Hall–Kier alpha value is -5.12. The van der Waals surface area contributed by atoms with Gasteiger partial charge in [0.1, 0.15) is 22.9 Å². The summed E-state index contributed by atoms with van der Waals surface area (Å²) in [4.78, 5) is 46.1. The van der Waals surface area contributed by atoms with E-state index in [4.69, 9.17) is 19.4 Å². The molecule has 4 atom stereocenters. The van der Waals surface area contributed by atoms with Crippen molar-refractivity contribution in [3.63, 3.8) is 0 Å². The first-order chi connectivity index (χ1) is 24.6. The van der Waals surface area contributed by atoms with Crippen LogP contribution in [0.1, 0.15) is 105 Å². The molecule has 2 N–H and O–H groups in total. The minimum Gasteiger partial charge on any atom is -0.444 e. The predicted octanol–water partition coefficient (Wildman–Crippen LogP) is 10.2. The van der Waals surface area contributed by atoms with Gasteiger partial charge in [-0.05, 0) is 121 Å². The number of rotatable bonds is 5. The van der Waals surface area contributed by atoms with Crippen LogP contribution in [0, 0.1) is 0 Å². The van der Waals surface area contributed by atoms with Crippen molar-refractivity contribution in [2.24, 2.45) is 0 Å². The van der Waals surface area contributed by atoms with Crippen LogP contribution in [0.5, 0.6) is 0 Å². The second-order valence-electron chi connectivity index (χ2n) is 16.4. The van der Waals surface area contributed by atoms with Gasteiger partial charge in [-0.1, -0.05) is 48.5 Å². The van der Waals surface area contributed by atoms with Gasteiger partial charge in [-0.15, -0.1) is 0 Å². The van der Waals surface area contributed by atoms with Crippen molar-refractivity contribution in [3.05, 3.63) is 84.7 Å². The molecule has 10 heteroatoms. The number of aromatic nitrogens is 4. The molecule has 2 amide bonds. The van der Waals surface area contributed by atoms with Gasteiger partial charge < -0.3 is 19.4 Å². The number of nitrogens with one attached hydrogen (secondary N) is 2. The summed E-state index contributed by atoms with van der Waals surface area (Å²) >= 11 is 0. The van der Waals surface area contributed by atoms with E-state index >= 15 is 0 Å². The van der Waals surface area contributed by atoms with Crippen molar-refractivity contribution < 1.29 is 19.1 Å². The number of hydrogen-bond donors (Lipinski definition) is 2. The molecule has 0 spiro atoms. The Bertz CT molecular complexity index is 2090. The highest BCUT2D eigenvalue weighted by molar-refractivity contribution is 5.90. The molecule has 7 rings (SSSR count). The van der Waals surface area contributed by atoms with Gasteiger partial charge in [0.2, 0.25) is 0 Å². The Labute approximate surface area is 305 Å². The predicted molar refractivity (Wildman–Crippen MR) is 204 cm³/mol. The fourth-order valence-corrected chi connectivity index (χ4v) is 7.49. The molecule has 2 fully saturated rings. The standard InChI is InChI=1S/C42H50N6O4/c1-25-9-19-35(47(25)39(49)51-41(3,4)5)37-43-23-33(45-37)28-13-11-27(12-14-28)29-15-16-31-22-32(18-17-30(31)21-29)34-24-44-38(46-34)36-20-10-26(2)48(36)40(50)52-42(6,7)8/h11-18,21-26,35-36H,9-10,19-20H2,1-8H3,(H,43,45)(H,44,46)/t25-,26-,35?,36-/m0/s1. The quantitative estimate of drug-likeness (QED) is 0.188. The average Bonchev–Trinajstić information content (AvgIpc) is 3.89. The van der Waals surface area contributed by atoms with Crippen LogP contribution in [0.15, 0.2) is 73.1 Å². The van der Waals surface area contributed by atoms with E-state index in [0.29, 0.717) is 0 Å². The third kappa shape index (κ3) is 7.29. The molecule has 52 heavy (non-hydrogen) atoms. The zero-order valence-electron chi connectivity index (χ0n) is 31.5. The highest BCUT2D eigenvalue weighted by Gasteiger charge is 2.40. The van der Waals surface area contributed by atoms with Crippen molar-refractivity contribution in [2.45, 2.75) is 116 Å². The van der Waals surface area contributed by atoms with Crippen LogP contribution in [-0.2, 0) is 9.47 Å². The Morgan fingerprint density at radius 1 is 0.596 bits per heavy atom. The second kappa shape index (κ2) is 13.5. The second-order valence-corrected chi connectivity index (χ2v) is 16.4. The maximum atomic E-state index is 13.0. The number of carbonyl (C=O) groups is 2. The summed E-state index contributed by atoms with van der Waals surface area (Å²) in [6, 6.07) is 21.3. The van der Waals surface area contributed by atoms with E-state index in [1.807, 2.05) is 63.7 Å². The normalized spacial score (nSPS) is 20.8. The fraction of sp³-hybridized carbons (Fsp3) is 0.429. The number of nitrogens with zero attached hydrogens (tertiary/aromatic N) is 4. The topological polar surface area (TPSA) is 116 Å². The van der Waals surface area contributed by atoms with Gasteiger partial charge in [0.15, 0.2) is 0 Å². The smallest absolute Gasteiger partial charge is 0.411 e. The van der Waals surface area contributed by atoms with Crippen molar-refractivity contribution in [1.29, 1.82) is 0 Å². The molecule has 2 aliphatic rings. The van der Waals surface area contributed by atoms with E-state index in [1.165, 1.54) is 0 Å². The lowest BCUT2D eigenvalue weighted by molar-refractivity contribution is 0.0141. The summed E-state index contributed by atoms with van der Waals surface area (Å²) in [7, 11) is 0. The number of ether oxygens (including phenoxy) is 2. The third-order valence-electron chi connectivity index (χ3n) is 10.0. The Balaban J connectivity index is 1.05. The van der Waals surface area contributed by atoms with Crippen molar-refractivity contribution >= 4 is 23.0 Å². The minimum atomic E-state index is -0.555. The molecule has 2 aromatic heterocycles. The number of fused-ring (bicyclic) bond motifs is 1. The molecular formula is C42H50N6O4. The molecule has 2 aliphatic heterocycles. The van der Waals surface area contributed by atoms with Gasteiger partial charge >= 0.3 is 12.2 Å². The zero-order chi connectivity index (χ0) is 36.9. The molecule has 5 aromatic rings. The monoisotopic (exact) mass is 702 g/mol. The lowest BCUT2D eigenvalue weighted by Crippen LogP contribution is -2.40. The first-order valence-electron chi connectivity index (χ1n) is 18.4. The molecule has 0 radical (unpaired) electrons. The number of hydrogen-bond acceptors (Lipinski definition) is 6. The summed E-state index contributed by atoms with van der Waals surface area (Å²) in [6.07, 6.45) is 6.60. The Morgan fingerprint density at radius 3 is 1.48 bits per heavy atom. The Morgan fingerprint density at radius 2 is 1.00 bits per heavy atom. The molecule has 272 valence electrons. The van der Waals surface area contributed by atoms with Crippen LogP contribution in [0.3, 0.4) is 0 Å². The van der Waals surface area contributed by atoms with Gasteiger partial charge in [0.25, 0.3) is 0 Å². The van der Waals surface area contributed by atoms with Gasteiger partial charge in [0.05, 0.1) is 35.9 Å². The summed E-state index contributed by atoms with van der Waals surface area (Å²) in [5.41, 5.74) is 5.05. The van der Waals surface area contributed by atoms with E-state index in [9.17, 15) is 9.59 Å². The van der Waals surface area contributed by atoms with Gasteiger partial charge in [0, 0.05) is 17.6 Å². The molecule has 1 unspecified atom stereocenters. The van der Waals surface area contributed by atoms with Crippen LogP contribution in [0.25, 0.3) is 44.4 Å². The summed E-state index contributed by atoms with van der Waals surface area (Å²) in [5, 5.41) is 2.27. The van der Waals surface area contributed by atoms with Crippen molar-refractivity contribution in [1.82, 2.24) is 29.7 Å². The van der Waals surface area contributed by atoms with Gasteiger partial charge in [-0.3, -0.25) is 9.80 Å². The minimum absolute atomic E-state index is 0.0853. The van der Waals surface area contributed by atoms with Crippen LogP contribution in [0.2, 0.25) is 0 Å². The van der Waals surface area contributed by atoms with Crippen LogP contribution in [-0.4, -0.2) is 65.2 Å². The number of amides is 2. The SMILES string of the molecule is C[C@H]1CCC(c2ncc(-c3ccc(-c4ccc5cc(-c6cnc([C@@H]7CC[C@H](C)N7C(=O)OC(C)(C)C)[nH]6)ccc5c4)cc3)[nH]2)N1C(=O)OC(C)(C)C. The summed E-state index contributed by atoms with van der Waals surface area (Å²) in [5.74, 6) is 1.57. The van der Waals surface area contributed by atoms with Crippen LogP contribution in [0.4, 0.5) is 9.59 Å². The fourth-order valence-electron chi connectivity index (χ4n) is 7.49. The van der Waals surface area contributed by atoms with Crippen LogP contribution >= 0.6 is 0 Å². The molecule has 3 aromatic carbocycles.